The summed E-state index contributed by atoms with van der Waals surface area (Å²) in [6, 6.07) is 3.90. The molecule has 7 heteroatoms. The molecule has 4 N–H and O–H groups in total. The standard InChI is InChI=1S/C11H17N3O4/c1-7(15)11(12)6-13-8-3-9(14(16)17)5-10(4-8)18-2/h3-5,7,11,13,15H,6,12H2,1-2H3. The average Bonchev–Trinajstić information content (AvgIpc) is 2.35. The second-order valence-corrected chi connectivity index (χ2v) is 3.96. The number of nitrogens with zero attached hydrogens (tertiary/aromatic N) is 1. The Balaban J connectivity index is 2.81. The largest absolute Gasteiger partial charge is 0.496 e. The first-order valence-electron chi connectivity index (χ1n) is 5.45. The van der Waals surface area contributed by atoms with Crippen molar-refractivity contribution in [1.82, 2.24) is 0 Å². The number of nitro groups is 1. The summed E-state index contributed by atoms with van der Waals surface area (Å²) in [4.78, 5) is 10.2. The average molecular weight is 255 g/mol. The van der Waals surface area contributed by atoms with Gasteiger partial charge in [0.25, 0.3) is 5.69 Å². The first-order valence-corrected chi connectivity index (χ1v) is 5.45. The van der Waals surface area contributed by atoms with E-state index in [1.165, 1.54) is 19.2 Å². The highest BCUT2D eigenvalue weighted by Gasteiger charge is 2.12. The molecule has 0 radical (unpaired) electrons. The molecule has 0 aliphatic rings. The molecule has 2 unspecified atom stereocenters. The number of rotatable bonds is 6. The van der Waals surface area contributed by atoms with E-state index in [2.05, 4.69) is 5.32 Å². The van der Waals surface area contributed by atoms with Crippen molar-refractivity contribution in [2.24, 2.45) is 5.73 Å². The molecule has 1 rings (SSSR count). The number of hydrogen-bond acceptors (Lipinski definition) is 6. The zero-order valence-corrected chi connectivity index (χ0v) is 10.3. The first kappa shape index (κ1) is 14.2. The van der Waals surface area contributed by atoms with Crippen LogP contribution in [0.2, 0.25) is 0 Å². The van der Waals surface area contributed by atoms with Crippen LogP contribution in [0.4, 0.5) is 11.4 Å². The number of methoxy groups -OCH3 is 1. The van der Waals surface area contributed by atoms with E-state index < -0.39 is 17.1 Å². The van der Waals surface area contributed by atoms with Gasteiger partial charge in [-0.3, -0.25) is 10.1 Å². The summed E-state index contributed by atoms with van der Waals surface area (Å²) >= 11 is 0. The van der Waals surface area contributed by atoms with E-state index in [1.807, 2.05) is 0 Å². The molecule has 0 aromatic heterocycles. The minimum Gasteiger partial charge on any atom is -0.496 e. The molecule has 0 aliphatic carbocycles. The molecule has 0 saturated heterocycles. The fourth-order valence-corrected chi connectivity index (χ4v) is 1.31. The Labute approximate surface area is 105 Å². The molecule has 18 heavy (non-hydrogen) atoms. The van der Waals surface area contributed by atoms with Gasteiger partial charge in [0.1, 0.15) is 5.75 Å². The lowest BCUT2D eigenvalue weighted by Crippen LogP contribution is -2.38. The lowest BCUT2D eigenvalue weighted by molar-refractivity contribution is -0.384. The Morgan fingerprint density at radius 1 is 1.56 bits per heavy atom. The summed E-state index contributed by atoms with van der Waals surface area (Å²) in [5.74, 6) is 0.386. The van der Waals surface area contributed by atoms with Crippen molar-refractivity contribution in [3.05, 3.63) is 28.3 Å². The van der Waals surface area contributed by atoms with Crippen LogP contribution in [-0.2, 0) is 0 Å². The van der Waals surface area contributed by atoms with Crippen LogP contribution in [-0.4, -0.2) is 35.8 Å². The summed E-state index contributed by atoms with van der Waals surface area (Å²) in [5, 5.41) is 22.9. The number of non-ortho nitro benzene ring substituents is 1. The molecule has 0 aliphatic heterocycles. The lowest BCUT2D eigenvalue weighted by atomic mass is 10.2. The fourth-order valence-electron chi connectivity index (χ4n) is 1.31. The fraction of sp³-hybridized carbons (Fsp3) is 0.455. The van der Waals surface area contributed by atoms with Gasteiger partial charge >= 0.3 is 0 Å². The summed E-state index contributed by atoms with van der Waals surface area (Å²) < 4.78 is 4.97. The van der Waals surface area contributed by atoms with Gasteiger partial charge in [-0.25, -0.2) is 0 Å². The van der Waals surface area contributed by atoms with E-state index in [0.717, 1.165) is 0 Å². The van der Waals surface area contributed by atoms with Crippen LogP contribution in [0.5, 0.6) is 5.75 Å². The monoisotopic (exact) mass is 255 g/mol. The predicted octanol–water partition coefficient (Wildman–Crippen LogP) is 0.723. The summed E-state index contributed by atoms with van der Waals surface area (Å²) in [6.45, 7) is 1.89. The number of aliphatic hydroxyl groups is 1. The molecule has 2 atom stereocenters. The van der Waals surface area contributed by atoms with Gasteiger partial charge in [-0.15, -0.1) is 0 Å². The van der Waals surface area contributed by atoms with Crippen LogP contribution >= 0.6 is 0 Å². The van der Waals surface area contributed by atoms with Gasteiger partial charge in [-0.2, -0.15) is 0 Å². The van der Waals surface area contributed by atoms with Gasteiger partial charge in [0, 0.05) is 30.4 Å². The van der Waals surface area contributed by atoms with Crippen LogP contribution in [0, 0.1) is 10.1 Å². The smallest absolute Gasteiger partial charge is 0.275 e. The van der Waals surface area contributed by atoms with E-state index in [-0.39, 0.29) is 5.69 Å². The zero-order valence-electron chi connectivity index (χ0n) is 10.3. The summed E-state index contributed by atoms with van der Waals surface area (Å²) in [6.07, 6.45) is -0.655. The molecule has 100 valence electrons. The van der Waals surface area contributed by atoms with Gasteiger partial charge in [0.2, 0.25) is 0 Å². The number of benzene rings is 1. The van der Waals surface area contributed by atoms with Crippen molar-refractivity contribution < 1.29 is 14.8 Å². The van der Waals surface area contributed by atoms with Crippen LogP contribution in [0.3, 0.4) is 0 Å². The minimum atomic E-state index is -0.655. The van der Waals surface area contributed by atoms with Crippen molar-refractivity contribution in [1.29, 1.82) is 0 Å². The number of nitrogens with two attached hydrogens (primary N) is 1. The van der Waals surface area contributed by atoms with E-state index in [1.54, 1.807) is 13.0 Å². The molecule has 0 fully saturated rings. The normalized spacial score (nSPS) is 13.8. The highest BCUT2D eigenvalue weighted by atomic mass is 16.6. The van der Waals surface area contributed by atoms with Gasteiger partial charge in [0.15, 0.2) is 0 Å². The lowest BCUT2D eigenvalue weighted by Gasteiger charge is -2.16. The van der Waals surface area contributed by atoms with Crippen LogP contribution < -0.4 is 15.8 Å². The number of hydrogen-bond donors (Lipinski definition) is 3. The van der Waals surface area contributed by atoms with Gasteiger partial charge in [-0.1, -0.05) is 0 Å². The predicted molar refractivity (Wildman–Crippen MR) is 67.8 cm³/mol. The highest BCUT2D eigenvalue weighted by Crippen LogP contribution is 2.25. The van der Waals surface area contributed by atoms with Crippen LogP contribution in [0.25, 0.3) is 0 Å². The molecule has 1 aromatic carbocycles. The molecule has 1 aromatic rings. The van der Waals surface area contributed by atoms with Crippen molar-refractivity contribution in [2.45, 2.75) is 19.1 Å². The van der Waals surface area contributed by atoms with Crippen LogP contribution in [0.15, 0.2) is 18.2 Å². The maximum atomic E-state index is 10.7. The number of nitrogens with one attached hydrogen (secondary N) is 1. The first-order chi connectivity index (χ1) is 8.43. The summed E-state index contributed by atoms with van der Waals surface area (Å²) in [5.41, 5.74) is 6.11. The maximum Gasteiger partial charge on any atom is 0.275 e. The Morgan fingerprint density at radius 3 is 2.72 bits per heavy atom. The quantitative estimate of drug-likeness (QED) is 0.510. The van der Waals surface area contributed by atoms with Crippen molar-refractivity contribution in [2.75, 3.05) is 19.0 Å². The molecular formula is C11H17N3O4. The van der Waals surface area contributed by atoms with Gasteiger partial charge < -0.3 is 20.9 Å². The molecule has 0 spiro atoms. The van der Waals surface area contributed by atoms with E-state index in [9.17, 15) is 15.2 Å². The topological polar surface area (TPSA) is 111 Å². The van der Waals surface area contributed by atoms with Crippen molar-refractivity contribution in [3.63, 3.8) is 0 Å². The highest BCUT2D eigenvalue weighted by molar-refractivity contribution is 5.56. The second-order valence-electron chi connectivity index (χ2n) is 3.96. The molecule has 7 nitrogen and oxygen atoms in total. The number of anilines is 1. The summed E-state index contributed by atoms with van der Waals surface area (Å²) in [7, 11) is 1.43. The minimum absolute atomic E-state index is 0.0672. The van der Waals surface area contributed by atoms with Crippen molar-refractivity contribution in [3.8, 4) is 5.75 Å². The van der Waals surface area contributed by atoms with Crippen LogP contribution in [0.1, 0.15) is 6.92 Å². The number of aliphatic hydroxyl groups excluding tert-OH is 1. The van der Waals surface area contributed by atoms with Crippen molar-refractivity contribution >= 4 is 11.4 Å². The van der Waals surface area contributed by atoms with E-state index >= 15 is 0 Å². The SMILES string of the molecule is COc1cc(NCC(N)C(C)O)cc([N+](=O)[O-])c1. The Morgan fingerprint density at radius 2 is 2.22 bits per heavy atom. The third kappa shape index (κ3) is 3.86. The Kier molecular flexibility index (Phi) is 4.87. The van der Waals surface area contributed by atoms with E-state index in [0.29, 0.717) is 18.0 Å². The van der Waals surface area contributed by atoms with E-state index in [4.69, 9.17) is 10.5 Å². The second kappa shape index (κ2) is 6.18. The number of nitro benzene ring substituents is 1. The molecular weight excluding hydrogens is 238 g/mol. The molecule has 0 bridgehead atoms. The third-order valence-corrected chi connectivity index (χ3v) is 2.50. The van der Waals surface area contributed by atoms with Gasteiger partial charge in [0.05, 0.1) is 24.2 Å². The molecule has 0 amide bonds. The molecule has 0 saturated carbocycles. The maximum absolute atomic E-state index is 10.7. The number of ether oxygens (including phenoxy) is 1. The molecule has 0 heterocycles. The third-order valence-electron chi connectivity index (χ3n) is 2.50. The Hall–Kier alpha value is -1.86. The zero-order chi connectivity index (χ0) is 13.7. The Bertz CT molecular complexity index is 423. The van der Waals surface area contributed by atoms with Gasteiger partial charge in [-0.05, 0) is 6.92 Å².